The summed E-state index contributed by atoms with van der Waals surface area (Å²) >= 11 is 0. The molecule has 0 saturated heterocycles. The molecule has 2 N–H and O–H groups in total. The van der Waals surface area contributed by atoms with Crippen molar-refractivity contribution in [3.8, 4) is 0 Å². The molecule has 5 nitrogen and oxygen atoms in total. The van der Waals surface area contributed by atoms with E-state index in [0.29, 0.717) is 6.29 Å². The Morgan fingerprint density at radius 1 is 1.32 bits per heavy atom. The van der Waals surface area contributed by atoms with Gasteiger partial charge in [-0.05, 0) is 12.0 Å². The normalized spacial score (nSPS) is 14.6. The number of aliphatic carboxylic acids is 1. The molecule has 0 aromatic heterocycles. The molecule has 0 aliphatic rings. The number of carbonyl (C=O) groups is 3. The predicted molar refractivity (Wildman–Crippen MR) is 79.0 cm³/mol. The lowest BCUT2D eigenvalue weighted by molar-refractivity contribution is -0.143. The van der Waals surface area contributed by atoms with Gasteiger partial charge < -0.3 is 15.2 Å². The molecule has 1 aromatic carbocycles. The van der Waals surface area contributed by atoms with Gasteiger partial charge in [0.2, 0.25) is 5.91 Å². The Labute approximate surface area is 128 Å². The van der Waals surface area contributed by atoms with E-state index >= 15 is 0 Å². The number of amides is 1. The van der Waals surface area contributed by atoms with E-state index in [2.05, 4.69) is 5.32 Å². The summed E-state index contributed by atoms with van der Waals surface area (Å²) in [5.41, 5.74) is 0.765. The van der Waals surface area contributed by atoms with Crippen molar-refractivity contribution in [2.75, 3.05) is 6.67 Å². The first-order valence-electron chi connectivity index (χ1n) is 7.11. The zero-order valence-corrected chi connectivity index (χ0v) is 12.4. The summed E-state index contributed by atoms with van der Waals surface area (Å²) < 4.78 is 12.8. The molecule has 0 aliphatic carbocycles. The Morgan fingerprint density at radius 3 is 2.41 bits per heavy atom. The standard InChI is InChI=1S/C16H20FNO4/c1-2-13(12(9-17)10-19)15(20)18-14(16(21)22)8-11-6-4-3-5-7-11/h3-7,10,12-14H,2,8-9H2,1H3,(H,18,20)(H,21,22)/t12?,13?,14-/m0/s1. The maximum Gasteiger partial charge on any atom is 0.326 e. The quantitative estimate of drug-likeness (QED) is 0.679. The number of hydrogen-bond acceptors (Lipinski definition) is 3. The van der Waals surface area contributed by atoms with Gasteiger partial charge >= 0.3 is 5.97 Å². The highest BCUT2D eigenvalue weighted by Crippen LogP contribution is 2.16. The third-order valence-electron chi connectivity index (χ3n) is 3.54. The number of benzene rings is 1. The number of carboxylic acid groups (broad SMARTS) is 1. The van der Waals surface area contributed by atoms with Crippen LogP contribution in [-0.4, -0.2) is 36.0 Å². The van der Waals surface area contributed by atoms with E-state index in [4.69, 9.17) is 0 Å². The molecule has 0 aliphatic heterocycles. The molecule has 0 spiro atoms. The van der Waals surface area contributed by atoms with Crippen LogP contribution in [0.1, 0.15) is 18.9 Å². The average Bonchev–Trinajstić information content (AvgIpc) is 2.52. The molecule has 0 heterocycles. The minimum absolute atomic E-state index is 0.125. The highest BCUT2D eigenvalue weighted by atomic mass is 19.1. The first-order valence-corrected chi connectivity index (χ1v) is 7.11. The molecule has 2 unspecified atom stereocenters. The van der Waals surface area contributed by atoms with Gasteiger partial charge in [-0.15, -0.1) is 0 Å². The fourth-order valence-electron chi connectivity index (χ4n) is 2.25. The molecule has 120 valence electrons. The van der Waals surface area contributed by atoms with Gasteiger partial charge in [0.1, 0.15) is 12.3 Å². The molecule has 0 radical (unpaired) electrons. The van der Waals surface area contributed by atoms with Crippen LogP contribution in [0.25, 0.3) is 0 Å². The zero-order chi connectivity index (χ0) is 16.5. The Kier molecular flexibility index (Phi) is 7.22. The highest BCUT2D eigenvalue weighted by molar-refractivity contribution is 5.86. The third-order valence-corrected chi connectivity index (χ3v) is 3.54. The summed E-state index contributed by atoms with van der Waals surface area (Å²) in [6.45, 7) is 0.717. The molecule has 1 amide bonds. The molecule has 3 atom stereocenters. The maximum atomic E-state index is 12.8. The lowest BCUT2D eigenvalue weighted by atomic mass is 9.91. The predicted octanol–water partition coefficient (Wildman–Crippen LogP) is 1.61. The van der Waals surface area contributed by atoms with Crippen molar-refractivity contribution < 1.29 is 23.9 Å². The Bertz CT molecular complexity index is 506. The second-order valence-electron chi connectivity index (χ2n) is 5.06. The number of rotatable bonds is 9. The topological polar surface area (TPSA) is 83.5 Å². The largest absolute Gasteiger partial charge is 0.480 e. The SMILES string of the molecule is CCC(C(=O)N[C@@H](Cc1ccccc1)C(=O)O)C(C=O)CF. The van der Waals surface area contributed by atoms with Crippen LogP contribution in [0.5, 0.6) is 0 Å². The van der Waals surface area contributed by atoms with Gasteiger partial charge in [-0.1, -0.05) is 37.3 Å². The second kappa shape index (κ2) is 8.92. The molecular weight excluding hydrogens is 289 g/mol. The second-order valence-corrected chi connectivity index (χ2v) is 5.06. The lowest BCUT2D eigenvalue weighted by Gasteiger charge is -2.22. The van der Waals surface area contributed by atoms with Gasteiger partial charge in [0.15, 0.2) is 0 Å². The van der Waals surface area contributed by atoms with Crippen molar-refractivity contribution in [3.63, 3.8) is 0 Å². The number of nitrogens with one attached hydrogen (secondary N) is 1. The summed E-state index contributed by atoms with van der Waals surface area (Å²) in [6, 6.07) is 7.76. The molecule has 1 aromatic rings. The van der Waals surface area contributed by atoms with Crippen molar-refractivity contribution in [2.45, 2.75) is 25.8 Å². The van der Waals surface area contributed by atoms with Gasteiger partial charge in [-0.25, -0.2) is 4.79 Å². The lowest BCUT2D eigenvalue weighted by Crippen LogP contribution is -2.46. The average molecular weight is 309 g/mol. The Balaban J connectivity index is 2.79. The summed E-state index contributed by atoms with van der Waals surface area (Å²) in [6.07, 6.45) is 0.789. The van der Waals surface area contributed by atoms with Crippen molar-refractivity contribution in [1.82, 2.24) is 5.32 Å². The van der Waals surface area contributed by atoms with E-state index < -0.39 is 36.4 Å². The number of halogens is 1. The summed E-state index contributed by atoms with van der Waals surface area (Å²) in [5.74, 6) is -3.69. The molecule has 6 heteroatoms. The summed E-state index contributed by atoms with van der Waals surface area (Å²) in [7, 11) is 0. The van der Waals surface area contributed by atoms with E-state index in [1.54, 1.807) is 37.3 Å². The van der Waals surface area contributed by atoms with Crippen molar-refractivity contribution >= 4 is 18.2 Å². The number of carbonyl (C=O) groups excluding carboxylic acids is 2. The van der Waals surface area contributed by atoms with Crippen LogP contribution in [0.15, 0.2) is 30.3 Å². The van der Waals surface area contributed by atoms with Gasteiger partial charge in [-0.3, -0.25) is 9.18 Å². The van der Waals surface area contributed by atoms with Crippen LogP contribution < -0.4 is 5.32 Å². The molecule has 0 bridgehead atoms. The number of hydrogen-bond donors (Lipinski definition) is 2. The van der Waals surface area contributed by atoms with Crippen LogP contribution in [0.4, 0.5) is 4.39 Å². The first kappa shape index (κ1) is 17.8. The van der Waals surface area contributed by atoms with Gasteiger partial charge in [0.25, 0.3) is 0 Å². The summed E-state index contributed by atoms with van der Waals surface area (Å²) in [4.78, 5) is 34.3. The van der Waals surface area contributed by atoms with Gasteiger partial charge in [-0.2, -0.15) is 0 Å². The fourth-order valence-corrected chi connectivity index (χ4v) is 2.25. The Hall–Kier alpha value is -2.24. The van der Waals surface area contributed by atoms with Crippen molar-refractivity contribution in [1.29, 1.82) is 0 Å². The minimum atomic E-state index is -1.17. The first-order chi connectivity index (χ1) is 10.5. The third kappa shape index (κ3) is 4.95. The van der Waals surface area contributed by atoms with Gasteiger partial charge in [0.05, 0.1) is 12.6 Å². The van der Waals surface area contributed by atoms with E-state index in [1.807, 2.05) is 0 Å². The number of carboxylic acids is 1. The molecule has 0 saturated carbocycles. The van der Waals surface area contributed by atoms with Crippen LogP contribution in [0, 0.1) is 11.8 Å². The van der Waals surface area contributed by atoms with Crippen molar-refractivity contribution in [2.24, 2.45) is 11.8 Å². The van der Waals surface area contributed by atoms with Crippen LogP contribution in [-0.2, 0) is 20.8 Å². The smallest absolute Gasteiger partial charge is 0.326 e. The highest BCUT2D eigenvalue weighted by Gasteiger charge is 2.30. The summed E-state index contributed by atoms with van der Waals surface area (Å²) in [5, 5.41) is 11.6. The van der Waals surface area contributed by atoms with E-state index in [-0.39, 0.29) is 12.8 Å². The van der Waals surface area contributed by atoms with E-state index in [0.717, 1.165) is 5.56 Å². The molecular formula is C16H20FNO4. The van der Waals surface area contributed by atoms with Crippen molar-refractivity contribution in [3.05, 3.63) is 35.9 Å². The minimum Gasteiger partial charge on any atom is -0.480 e. The monoisotopic (exact) mass is 309 g/mol. The van der Waals surface area contributed by atoms with E-state index in [9.17, 15) is 23.9 Å². The van der Waals surface area contributed by atoms with Gasteiger partial charge in [0, 0.05) is 12.3 Å². The number of aldehydes is 1. The number of alkyl halides is 1. The fraction of sp³-hybridized carbons (Fsp3) is 0.438. The maximum absolute atomic E-state index is 12.8. The Morgan fingerprint density at radius 2 is 1.95 bits per heavy atom. The zero-order valence-electron chi connectivity index (χ0n) is 12.4. The van der Waals surface area contributed by atoms with Crippen LogP contribution in [0.3, 0.4) is 0 Å². The van der Waals surface area contributed by atoms with Crippen LogP contribution in [0.2, 0.25) is 0 Å². The molecule has 22 heavy (non-hydrogen) atoms. The van der Waals surface area contributed by atoms with E-state index in [1.165, 1.54) is 0 Å². The molecule has 1 rings (SSSR count). The van der Waals surface area contributed by atoms with Crippen LogP contribution >= 0.6 is 0 Å². The molecule has 0 fully saturated rings.